The predicted octanol–water partition coefficient (Wildman–Crippen LogP) is 14.8. The topological polar surface area (TPSA) is 30.7 Å². The van der Waals surface area contributed by atoms with Crippen LogP contribution in [-0.2, 0) is 5.41 Å². The second-order valence-electron chi connectivity index (χ2n) is 17.1. The predicted molar refractivity (Wildman–Crippen MR) is 257 cm³/mol. The van der Waals surface area contributed by atoms with Crippen LogP contribution in [0.1, 0.15) is 35.1 Å². The monoisotopic (exact) mass is 787 g/mol. The van der Waals surface area contributed by atoms with E-state index in [1.165, 1.54) is 93.9 Å². The number of aromatic nitrogens is 3. The van der Waals surface area contributed by atoms with Crippen molar-refractivity contribution in [1.82, 2.24) is 14.5 Å². The molecule has 2 aromatic heterocycles. The Kier molecular flexibility index (Phi) is 6.88. The molecule has 2 heterocycles. The number of rotatable bonds is 3. The van der Waals surface area contributed by atoms with Crippen LogP contribution < -0.4 is 0 Å². The highest BCUT2D eigenvalue weighted by atomic mass is 15.0. The normalized spacial score (nSPS) is 16.2. The Morgan fingerprint density at radius 3 is 1.87 bits per heavy atom. The van der Waals surface area contributed by atoms with Gasteiger partial charge in [-0.15, -0.1) is 0 Å². The third-order valence-electron chi connectivity index (χ3n) is 14.1. The lowest BCUT2D eigenvalue weighted by Crippen LogP contribution is -2.28. The maximum atomic E-state index is 5.47. The lowest BCUT2D eigenvalue weighted by Gasteiger charge is -2.34. The van der Waals surface area contributed by atoms with Gasteiger partial charge in [0.15, 0.2) is 0 Å². The standard InChI is InChI=1S/C59H37N3/c1-2-14-39(15-3-1)62-55-25-13-10-20-46(55)49-32-36(28-31-56(49)62)37-26-29-44-45-30-27-38(54-35-60-57-47-21-6-4-16-40(47)41-17-5-7-22-48(41)58(57)61-54)34-53(45)59(52(44)33-37)50-23-11-8-18-42(50)43-19-9-12-24-51(43)59/h1-11,13-23,25-35H,12,24H2. The van der Waals surface area contributed by atoms with Crippen molar-refractivity contribution in [3.63, 3.8) is 0 Å². The fourth-order valence-corrected chi connectivity index (χ4v) is 11.6. The summed E-state index contributed by atoms with van der Waals surface area (Å²) >= 11 is 0. The van der Waals surface area contributed by atoms with E-state index in [0.29, 0.717) is 0 Å². The summed E-state index contributed by atoms with van der Waals surface area (Å²) in [5.41, 5.74) is 20.3. The van der Waals surface area contributed by atoms with Crippen LogP contribution in [0.15, 0.2) is 206 Å². The Labute approximate surface area is 358 Å². The number of nitrogens with zero attached hydrogens (tertiary/aromatic N) is 3. The summed E-state index contributed by atoms with van der Waals surface area (Å²) in [5.74, 6) is 0. The number of para-hydroxylation sites is 2. The van der Waals surface area contributed by atoms with Crippen LogP contribution in [0.3, 0.4) is 0 Å². The zero-order valence-corrected chi connectivity index (χ0v) is 33.8. The van der Waals surface area contributed by atoms with Crippen molar-refractivity contribution in [2.24, 2.45) is 0 Å². The van der Waals surface area contributed by atoms with E-state index < -0.39 is 5.41 Å². The zero-order chi connectivity index (χ0) is 40.5. The first-order chi connectivity index (χ1) is 30.8. The summed E-state index contributed by atoms with van der Waals surface area (Å²) in [6.45, 7) is 0. The Bertz CT molecular complexity index is 3780. The molecule has 0 N–H and O–H groups in total. The summed E-state index contributed by atoms with van der Waals surface area (Å²) in [4.78, 5) is 10.7. The number of allylic oxidation sites excluding steroid dienone is 4. The van der Waals surface area contributed by atoms with Crippen molar-refractivity contribution in [3.05, 3.63) is 228 Å². The average Bonchev–Trinajstić information content (AvgIpc) is 3.95. The molecule has 3 heteroatoms. The van der Waals surface area contributed by atoms with Gasteiger partial charge in [-0.3, -0.25) is 4.98 Å². The molecule has 0 aliphatic heterocycles. The maximum Gasteiger partial charge on any atom is 0.0979 e. The van der Waals surface area contributed by atoms with Crippen LogP contribution >= 0.6 is 0 Å². The van der Waals surface area contributed by atoms with E-state index >= 15 is 0 Å². The van der Waals surface area contributed by atoms with Crippen LogP contribution in [0.2, 0.25) is 0 Å². The molecule has 0 bridgehead atoms. The van der Waals surface area contributed by atoms with Gasteiger partial charge in [0.1, 0.15) is 0 Å². The smallest absolute Gasteiger partial charge is 0.0979 e. The average molecular weight is 788 g/mol. The highest BCUT2D eigenvalue weighted by Crippen LogP contribution is 2.64. The second-order valence-corrected chi connectivity index (χ2v) is 17.1. The minimum Gasteiger partial charge on any atom is -0.309 e. The molecule has 3 aliphatic rings. The van der Waals surface area contributed by atoms with Gasteiger partial charge >= 0.3 is 0 Å². The number of hydrogen-bond acceptors (Lipinski definition) is 2. The van der Waals surface area contributed by atoms with E-state index in [9.17, 15) is 0 Å². The van der Waals surface area contributed by atoms with Gasteiger partial charge in [-0.25, -0.2) is 4.98 Å². The molecular formula is C59H37N3. The van der Waals surface area contributed by atoms with Gasteiger partial charge in [0.05, 0.1) is 39.4 Å². The van der Waals surface area contributed by atoms with Crippen molar-refractivity contribution < 1.29 is 0 Å². The minimum atomic E-state index is -0.437. The van der Waals surface area contributed by atoms with Crippen molar-refractivity contribution in [1.29, 1.82) is 0 Å². The highest BCUT2D eigenvalue weighted by Gasteiger charge is 2.52. The van der Waals surface area contributed by atoms with Gasteiger partial charge in [0.2, 0.25) is 0 Å². The summed E-state index contributed by atoms with van der Waals surface area (Å²) < 4.78 is 2.39. The lowest BCUT2D eigenvalue weighted by molar-refractivity contribution is 0.714. The molecular weight excluding hydrogens is 751 g/mol. The summed E-state index contributed by atoms with van der Waals surface area (Å²) in [6.07, 6.45) is 8.77. The number of hydrogen-bond donors (Lipinski definition) is 0. The first-order valence-electron chi connectivity index (χ1n) is 21.7. The first kappa shape index (κ1) is 33.9. The van der Waals surface area contributed by atoms with Gasteiger partial charge in [-0.1, -0.05) is 152 Å². The van der Waals surface area contributed by atoms with E-state index in [1.807, 2.05) is 6.20 Å². The Balaban J connectivity index is 0.991. The van der Waals surface area contributed by atoms with E-state index in [1.54, 1.807) is 0 Å². The summed E-state index contributed by atoms with van der Waals surface area (Å²) in [5, 5.41) is 7.19. The maximum absolute atomic E-state index is 5.47. The molecule has 1 unspecified atom stereocenters. The van der Waals surface area contributed by atoms with E-state index in [0.717, 1.165) is 45.9 Å². The van der Waals surface area contributed by atoms with Crippen LogP contribution in [0, 0.1) is 0 Å². The third-order valence-corrected chi connectivity index (χ3v) is 14.1. The SMILES string of the molecule is C1=CC2=C(CC1)C1(c3ccccc32)c2cc(-c3ccc4c(c3)c3ccccc3n4-c3ccccc3)ccc2-c2ccc(-c3cnc4c5ccccc5c5ccccc5c4n3)cc21. The van der Waals surface area contributed by atoms with E-state index in [2.05, 4.69) is 199 Å². The fourth-order valence-electron chi connectivity index (χ4n) is 11.6. The number of benzene rings is 9. The van der Waals surface area contributed by atoms with Crippen LogP contribution in [0.25, 0.3) is 99.2 Å². The van der Waals surface area contributed by atoms with Crippen molar-refractivity contribution in [2.45, 2.75) is 18.3 Å². The van der Waals surface area contributed by atoms with Gasteiger partial charge < -0.3 is 4.57 Å². The molecule has 0 saturated carbocycles. The molecule has 14 rings (SSSR count). The van der Waals surface area contributed by atoms with Gasteiger partial charge in [0, 0.05) is 32.8 Å². The van der Waals surface area contributed by atoms with Crippen molar-refractivity contribution in [3.8, 4) is 39.2 Å². The lowest BCUT2D eigenvalue weighted by atomic mass is 9.67. The first-order valence-corrected chi connectivity index (χ1v) is 21.7. The van der Waals surface area contributed by atoms with Crippen molar-refractivity contribution in [2.75, 3.05) is 0 Å². The fraction of sp³-hybridized carbons (Fsp3) is 0.0508. The van der Waals surface area contributed by atoms with Crippen molar-refractivity contribution >= 4 is 60.0 Å². The third kappa shape index (κ3) is 4.44. The molecule has 1 spiro atoms. The molecule has 1 atom stereocenters. The van der Waals surface area contributed by atoms with E-state index in [-0.39, 0.29) is 0 Å². The molecule has 0 amide bonds. The summed E-state index contributed by atoms with van der Waals surface area (Å²) in [7, 11) is 0. The minimum absolute atomic E-state index is 0.437. The Morgan fingerprint density at radius 1 is 0.452 bits per heavy atom. The molecule has 9 aromatic carbocycles. The quantitative estimate of drug-likeness (QED) is 0.167. The Morgan fingerprint density at radius 2 is 1.06 bits per heavy atom. The molecule has 0 fully saturated rings. The largest absolute Gasteiger partial charge is 0.309 e. The van der Waals surface area contributed by atoms with E-state index in [4.69, 9.17) is 9.97 Å². The van der Waals surface area contributed by atoms with Crippen LogP contribution in [0.5, 0.6) is 0 Å². The molecule has 0 saturated heterocycles. The molecule has 0 radical (unpaired) electrons. The number of fused-ring (bicyclic) bond motifs is 18. The summed E-state index contributed by atoms with van der Waals surface area (Å²) in [6, 6.07) is 67.2. The second kappa shape index (κ2) is 12.6. The molecule has 11 aromatic rings. The molecule has 3 aliphatic carbocycles. The zero-order valence-electron chi connectivity index (χ0n) is 33.8. The molecule has 3 nitrogen and oxygen atoms in total. The molecule has 62 heavy (non-hydrogen) atoms. The van der Waals surface area contributed by atoms with Crippen LogP contribution in [0.4, 0.5) is 0 Å². The van der Waals surface area contributed by atoms with Gasteiger partial charge in [-0.2, -0.15) is 0 Å². The van der Waals surface area contributed by atoms with Gasteiger partial charge in [-0.05, 0) is 122 Å². The van der Waals surface area contributed by atoms with Crippen LogP contribution in [-0.4, -0.2) is 14.5 Å². The highest BCUT2D eigenvalue weighted by molar-refractivity contribution is 6.23. The van der Waals surface area contributed by atoms with Gasteiger partial charge in [0.25, 0.3) is 0 Å². The Hall–Kier alpha value is -7.88. The molecule has 288 valence electrons.